The molecule has 32 heavy (non-hydrogen) atoms. The third-order valence-corrected chi connectivity index (χ3v) is 5.81. The second kappa shape index (κ2) is 9.35. The van der Waals surface area contributed by atoms with Crippen molar-refractivity contribution in [2.75, 3.05) is 38.1 Å². The zero-order valence-corrected chi connectivity index (χ0v) is 18.7. The number of amides is 1. The van der Waals surface area contributed by atoms with E-state index in [2.05, 4.69) is 25.2 Å². The van der Waals surface area contributed by atoms with Crippen molar-refractivity contribution in [3.05, 3.63) is 71.0 Å². The summed E-state index contributed by atoms with van der Waals surface area (Å²) in [4.78, 5) is 34.1. The summed E-state index contributed by atoms with van der Waals surface area (Å²) in [5, 5.41) is 6.96. The van der Waals surface area contributed by atoms with Gasteiger partial charge in [0.25, 0.3) is 0 Å². The molecule has 1 unspecified atom stereocenters. The molecule has 0 radical (unpaired) electrons. The third-order valence-electron chi connectivity index (χ3n) is 5.81. The van der Waals surface area contributed by atoms with Crippen molar-refractivity contribution >= 4 is 11.7 Å². The summed E-state index contributed by atoms with van der Waals surface area (Å²) in [5.41, 5.74) is 1.51. The molecule has 1 aliphatic heterocycles. The van der Waals surface area contributed by atoms with Gasteiger partial charge >= 0.3 is 5.69 Å². The summed E-state index contributed by atoms with van der Waals surface area (Å²) in [7, 11) is 1.68. The van der Waals surface area contributed by atoms with Gasteiger partial charge in [-0.25, -0.2) is 19.0 Å². The number of hydrogen-bond acceptors (Lipinski definition) is 6. The molecule has 1 amide bonds. The van der Waals surface area contributed by atoms with Crippen molar-refractivity contribution in [1.29, 1.82) is 0 Å². The molecule has 0 spiro atoms. The van der Waals surface area contributed by atoms with Crippen molar-refractivity contribution in [3.8, 4) is 5.69 Å². The maximum absolute atomic E-state index is 12.6. The Hall–Kier alpha value is -3.46. The van der Waals surface area contributed by atoms with Gasteiger partial charge in [-0.2, -0.15) is 5.10 Å². The molecule has 0 saturated carbocycles. The molecular weight excluding hydrogens is 406 g/mol. The second-order valence-corrected chi connectivity index (χ2v) is 8.15. The molecule has 1 N–H and O–H groups in total. The van der Waals surface area contributed by atoms with Gasteiger partial charge in [-0.05, 0) is 31.5 Å². The highest BCUT2D eigenvalue weighted by Crippen LogP contribution is 2.24. The standard InChI is InChI=1S/C23H29N7O2/c1-17(2)30-23(32)29(16-26-30)19-9-10-20(25-15-19)27-11-13-28(14-12-27)21(22(31)24-3)18-7-5-4-6-8-18/h4-10,15-17,21H,11-14H2,1-3H3,(H,24,31). The minimum absolute atomic E-state index is 0.000450. The number of aromatic nitrogens is 4. The fourth-order valence-corrected chi connectivity index (χ4v) is 4.06. The Morgan fingerprint density at radius 2 is 1.75 bits per heavy atom. The van der Waals surface area contributed by atoms with Gasteiger partial charge < -0.3 is 10.2 Å². The van der Waals surface area contributed by atoms with Gasteiger partial charge in [-0.15, -0.1) is 0 Å². The number of nitrogens with one attached hydrogen (secondary N) is 1. The van der Waals surface area contributed by atoms with Crippen LogP contribution in [0, 0.1) is 0 Å². The van der Waals surface area contributed by atoms with E-state index in [1.165, 1.54) is 15.6 Å². The minimum Gasteiger partial charge on any atom is -0.358 e. The van der Waals surface area contributed by atoms with E-state index < -0.39 is 0 Å². The Bertz CT molecular complexity index is 1100. The molecule has 168 valence electrons. The van der Waals surface area contributed by atoms with Crippen molar-refractivity contribution in [3.63, 3.8) is 0 Å². The number of hydrogen-bond donors (Lipinski definition) is 1. The Kier molecular flexibility index (Phi) is 6.36. The average molecular weight is 436 g/mol. The number of nitrogens with zero attached hydrogens (tertiary/aromatic N) is 6. The smallest absolute Gasteiger partial charge is 0.350 e. The van der Waals surface area contributed by atoms with Gasteiger partial charge in [0.2, 0.25) is 5.91 Å². The molecule has 9 heteroatoms. The molecule has 4 rings (SSSR count). The lowest BCUT2D eigenvalue weighted by molar-refractivity contribution is -0.126. The molecular formula is C23H29N7O2. The van der Waals surface area contributed by atoms with Gasteiger partial charge in [-0.3, -0.25) is 9.69 Å². The lowest BCUT2D eigenvalue weighted by Crippen LogP contribution is -2.51. The van der Waals surface area contributed by atoms with Crippen molar-refractivity contribution < 1.29 is 4.79 Å². The molecule has 3 aromatic rings. The number of rotatable bonds is 6. The van der Waals surface area contributed by atoms with Crippen molar-refractivity contribution in [2.45, 2.75) is 25.9 Å². The number of likely N-dealkylation sites (N-methyl/N-ethyl adjacent to an activating group) is 1. The first kappa shape index (κ1) is 21.8. The van der Waals surface area contributed by atoms with Crippen LogP contribution in [0.1, 0.15) is 31.5 Å². The van der Waals surface area contributed by atoms with Crippen LogP contribution in [-0.2, 0) is 4.79 Å². The molecule has 0 bridgehead atoms. The van der Waals surface area contributed by atoms with E-state index in [-0.39, 0.29) is 23.7 Å². The van der Waals surface area contributed by atoms with E-state index in [9.17, 15) is 9.59 Å². The number of pyridine rings is 1. The molecule has 0 aliphatic carbocycles. The summed E-state index contributed by atoms with van der Waals surface area (Å²) in [6, 6.07) is 13.4. The number of piperazine rings is 1. The monoisotopic (exact) mass is 435 g/mol. The minimum atomic E-state index is -0.303. The van der Waals surface area contributed by atoms with Crippen LogP contribution in [0.5, 0.6) is 0 Å². The Labute approximate surface area is 187 Å². The summed E-state index contributed by atoms with van der Waals surface area (Å²) in [6.45, 7) is 6.86. The fourth-order valence-electron chi connectivity index (χ4n) is 4.06. The third kappa shape index (κ3) is 4.29. The number of anilines is 1. The first-order chi connectivity index (χ1) is 15.5. The van der Waals surface area contributed by atoms with Gasteiger partial charge in [0.05, 0.1) is 17.9 Å². The number of benzene rings is 1. The Morgan fingerprint density at radius 3 is 2.31 bits per heavy atom. The largest absolute Gasteiger partial charge is 0.358 e. The number of carbonyl (C=O) groups excluding carboxylic acids is 1. The lowest BCUT2D eigenvalue weighted by Gasteiger charge is -2.39. The summed E-state index contributed by atoms with van der Waals surface area (Å²) in [6.07, 6.45) is 3.23. The zero-order chi connectivity index (χ0) is 22.7. The summed E-state index contributed by atoms with van der Waals surface area (Å²) >= 11 is 0. The van der Waals surface area contributed by atoms with E-state index in [4.69, 9.17) is 0 Å². The summed E-state index contributed by atoms with van der Waals surface area (Å²) in [5.74, 6) is 0.855. The van der Waals surface area contributed by atoms with Gasteiger partial charge in [0.1, 0.15) is 18.2 Å². The topological polar surface area (TPSA) is 88.3 Å². The molecule has 3 heterocycles. The highest BCUT2D eigenvalue weighted by atomic mass is 16.2. The van der Waals surface area contributed by atoms with Crippen molar-refractivity contribution in [1.82, 2.24) is 29.5 Å². The Morgan fingerprint density at radius 1 is 1.03 bits per heavy atom. The predicted molar refractivity (Wildman–Crippen MR) is 123 cm³/mol. The lowest BCUT2D eigenvalue weighted by atomic mass is 10.0. The van der Waals surface area contributed by atoms with Crippen LogP contribution in [0.2, 0.25) is 0 Å². The van der Waals surface area contributed by atoms with Gasteiger partial charge in [-0.1, -0.05) is 30.3 Å². The van der Waals surface area contributed by atoms with E-state index in [0.717, 1.165) is 37.6 Å². The molecule has 1 fully saturated rings. The van der Waals surface area contributed by atoms with Crippen LogP contribution in [0.3, 0.4) is 0 Å². The highest BCUT2D eigenvalue weighted by molar-refractivity contribution is 5.83. The van der Waals surface area contributed by atoms with Crippen molar-refractivity contribution in [2.24, 2.45) is 0 Å². The van der Waals surface area contributed by atoms with Crippen LogP contribution in [0.15, 0.2) is 59.8 Å². The fraction of sp³-hybridized carbons (Fsp3) is 0.391. The van der Waals surface area contributed by atoms with E-state index in [1.54, 1.807) is 13.2 Å². The van der Waals surface area contributed by atoms with E-state index in [0.29, 0.717) is 5.69 Å². The van der Waals surface area contributed by atoms with E-state index in [1.807, 2.05) is 56.3 Å². The SMILES string of the molecule is CNC(=O)C(c1ccccc1)N1CCN(c2ccc(-n3cnn(C(C)C)c3=O)cn2)CC1. The van der Waals surface area contributed by atoms with E-state index >= 15 is 0 Å². The van der Waals surface area contributed by atoms with Gasteiger partial charge in [0, 0.05) is 33.2 Å². The average Bonchev–Trinajstić information content (AvgIpc) is 3.22. The zero-order valence-electron chi connectivity index (χ0n) is 18.7. The van der Waals surface area contributed by atoms with Crippen LogP contribution in [0.25, 0.3) is 5.69 Å². The second-order valence-electron chi connectivity index (χ2n) is 8.15. The molecule has 1 aliphatic rings. The Balaban J connectivity index is 1.45. The van der Waals surface area contributed by atoms with Crippen LogP contribution >= 0.6 is 0 Å². The maximum atomic E-state index is 12.6. The normalized spacial score (nSPS) is 15.7. The summed E-state index contributed by atoms with van der Waals surface area (Å²) < 4.78 is 2.95. The maximum Gasteiger partial charge on any atom is 0.350 e. The van der Waals surface area contributed by atoms with Crippen LogP contribution in [-0.4, -0.2) is 63.4 Å². The first-order valence-electron chi connectivity index (χ1n) is 10.9. The molecule has 1 aromatic carbocycles. The number of carbonyl (C=O) groups is 1. The first-order valence-corrected chi connectivity index (χ1v) is 10.9. The quantitative estimate of drug-likeness (QED) is 0.633. The van der Waals surface area contributed by atoms with Crippen LogP contribution in [0.4, 0.5) is 5.82 Å². The highest BCUT2D eigenvalue weighted by Gasteiger charge is 2.30. The molecule has 2 aromatic heterocycles. The van der Waals surface area contributed by atoms with Gasteiger partial charge in [0.15, 0.2) is 0 Å². The molecule has 9 nitrogen and oxygen atoms in total. The molecule has 1 atom stereocenters. The molecule has 1 saturated heterocycles. The predicted octanol–water partition coefficient (Wildman–Crippen LogP) is 1.62. The van der Waals surface area contributed by atoms with Crippen LogP contribution < -0.4 is 15.9 Å².